The molecule has 2 fully saturated rings. The van der Waals surface area contributed by atoms with Crippen LogP contribution >= 0.6 is 0 Å². The maximum Gasteiger partial charge on any atom is 0.407 e. The van der Waals surface area contributed by atoms with Crippen LogP contribution in [0.2, 0.25) is 0 Å². The topological polar surface area (TPSA) is 95.9 Å². The Balaban J connectivity index is 1.15. The molecule has 7 heteroatoms. The largest absolute Gasteiger partial charge is 0.481 e. The van der Waals surface area contributed by atoms with Crippen LogP contribution < -0.4 is 5.32 Å². The zero-order chi connectivity index (χ0) is 23.9. The number of ether oxygens (including phenoxy) is 1. The van der Waals surface area contributed by atoms with Gasteiger partial charge < -0.3 is 20.1 Å². The summed E-state index contributed by atoms with van der Waals surface area (Å²) in [7, 11) is 0. The molecule has 2 aliphatic carbocycles. The van der Waals surface area contributed by atoms with E-state index in [1.807, 2.05) is 24.3 Å². The number of amides is 2. The molecule has 34 heavy (non-hydrogen) atoms. The fourth-order valence-electron chi connectivity index (χ4n) is 5.92. The Bertz CT molecular complexity index is 1080. The first kappa shape index (κ1) is 22.4. The highest BCUT2D eigenvalue weighted by molar-refractivity contribution is 5.81. The first-order valence-corrected chi connectivity index (χ1v) is 12.0. The van der Waals surface area contributed by atoms with Crippen molar-refractivity contribution in [3.05, 3.63) is 59.7 Å². The second kappa shape index (κ2) is 8.78. The number of carbonyl (C=O) groups is 3. The van der Waals surface area contributed by atoms with Gasteiger partial charge in [-0.15, -0.1) is 0 Å². The number of carboxylic acid groups (broad SMARTS) is 1. The minimum Gasteiger partial charge on any atom is -0.481 e. The number of likely N-dealkylation sites (tertiary alicyclic amines) is 1. The Labute approximate surface area is 199 Å². The van der Waals surface area contributed by atoms with Crippen molar-refractivity contribution in [2.24, 2.45) is 11.3 Å². The van der Waals surface area contributed by atoms with Crippen molar-refractivity contribution in [1.29, 1.82) is 0 Å². The van der Waals surface area contributed by atoms with Gasteiger partial charge in [-0.25, -0.2) is 4.79 Å². The molecule has 0 radical (unpaired) electrons. The minimum absolute atomic E-state index is 0.0219. The average Bonchev–Trinajstić information content (AvgIpc) is 3.35. The number of rotatable bonds is 6. The van der Waals surface area contributed by atoms with Gasteiger partial charge in [0, 0.05) is 36.9 Å². The Morgan fingerprint density at radius 1 is 1.09 bits per heavy atom. The van der Waals surface area contributed by atoms with Crippen LogP contribution in [0.1, 0.15) is 49.7 Å². The summed E-state index contributed by atoms with van der Waals surface area (Å²) in [5.41, 5.74) is 4.37. The van der Waals surface area contributed by atoms with Crippen molar-refractivity contribution < 1.29 is 24.2 Å². The third kappa shape index (κ3) is 3.93. The molecule has 2 N–H and O–H groups in total. The van der Waals surface area contributed by atoms with Gasteiger partial charge in [0.2, 0.25) is 5.91 Å². The number of nitrogens with zero attached hydrogens (tertiary/aromatic N) is 1. The molecular weight excluding hydrogens is 432 g/mol. The molecule has 7 nitrogen and oxygen atoms in total. The maximum atomic E-state index is 12.8. The smallest absolute Gasteiger partial charge is 0.407 e. The van der Waals surface area contributed by atoms with Crippen molar-refractivity contribution in [2.45, 2.75) is 44.6 Å². The molecule has 2 aromatic carbocycles. The van der Waals surface area contributed by atoms with Gasteiger partial charge >= 0.3 is 12.1 Å². The molecule has 0 aromatic heterocycles. The highest BCUT2D eigenvalue weighted by Crippen LogP contribution is 2.51. The van der Waals surface area contributed by atoms with Gasteiger partial charge in [0.1, 0.15) is 6.61 Å². The molecule has 178 valence electrons. The normalized spacial score (nSPS) is 20.9. The average molecular weight is 463 g/mol. The molecule has 2 atom stereocenters. The quantitative estimate of drug-likeness (QED) is 0.676. The number of carboxylic acids is 1. The van der Waals surface area contributed by atoms with Crippen LogP contribution in [0.4, 0.5) is 4.79 Å². The van der Waals surface area contributed by atoms with Crippen molar-refractivity contribution in [1.82, 2.24) is 10.2 Å². The van der Waals surface area contributed by atoms with Crippen LogP contribution in [-0.2, 0) is 14.3 Å². The highest BCUT2D eigenvalue weighted by atomic mass is 16.5. The van der Waals surface area contributed by atoms with Gasteiger partial charge in [0.25, 0.3) is 0 Å². The van der Waals surface area contributed by atoms with Crippen LogP contribution in [0.15, 0.2) is 48.5 Å². The number of alkyl carbamates (subject to hydrolysis) is 1. The van der Waals surface area contributed by atoms with E-state index in [1.165, 1.54) is 11.1 Å². The van der Waals surface area contributed by atoms with E-state index in [1.54, 1.807) is 11.8 Å². The zero-order valence-corrected chi connectivity index (χ0v) is 19.3. The molecule has 1 saturated heterocycles. The van der Waals surface area contributed by atoms with Gasteiger partial charge in [0.15, 0.2) is 0 Å². The van der Waals surface area contributed by atoms with Gasteiger partial charge in [-0.2, -0.15) is 0 Å². The highest BCUT2D eigenvalue weighted by Gasteiger charge is 2.54. The summed E-state index contributed by atoms with van der Waals surface area (Å²) < 4.78 is 5.57. The first-order valence-electron chi connectivity index (χ1n) is 12.0. The second-order valence-electron chi connectivity index (χ2n) is 9.96. The summed E-state index contributed by atoms with van der Waals surface area (Å²) in [4.78, 5) is 38.6. The molecule has 1 saturated carbocycles. The lowest BCUT2D eigenvalue weighted by molar-refractivity contribution is -0.146. The Morgan fingerprint density at radius 2 is 1.71 bits per heavy atom. The molecule has 2 amide bonds. The van der Waals surface area contributed by atoms with Crippen molar-refractivity contribution in [3.63, 3.8) is 0 Å². The van der Waals surface area contributed by atoms with E-state index in [0.717, 1.165) is 30.4 Å². The fraction of sp³-hybridized carbons (Fsp3) is 0.444. The molecule has 3 aliphatic rings. The van der Waals surface area contributed by atoms with Crippen LogP contribution in [0.5, 0.6) is 0 Å². The Hall–Kier alpha value is -3.35. The molecule has 1 spiro atoms. The van der Waals surface area contributed by atoms with E-state index in [-0.39, 0.29) is 36.8 Å². The number of benzene rings is 2. The second-order valence-corrected chi connectivity index (χ2v) is 9.96. The summed E-state index contributed by atoms with van der Waals surface area (Å²) >= 11 is 0. The maximum absolute atomic E-state index is 12.8. The molecule has 1 aliphatic heterocycles. The lowest BCUT2D eigenvalue weighted by Gasteiger charge is -2.40. The molecule has 0 bridgehead atoms. The first-order chi connectivity index (χ1) is 16.4. The molecular formula is C27H30N2O5. The van der Waals surface area contributed by atoms with Crippen LogP contribution in [0, 0.1) is 11.3 Å². The number of carbonyl (C=O) groups excluding carboxylic acids is 2. The lowest BCUT2D eigenvalue weighted by Crippen LogP contribution is -2.42. The third-order valence-electron chi connectivity index (χ3n) is 7.84. The van der Waals surface area contributed by atoms with Crippen molar-refractivity contribution in [2.75, 3.05) is 19.7 Å². The molecule has 1 heterocycles. The Kier molecular flexibility index (Phi) is 5.80. The van der Waals surface area contributed by atoms with Gasteiger partial charge in [-0.1, -0.05) is 55.0 Å². The summed E-state index contributed by atoms with van der Waals surface area (Å²) in [6.45, 7) is 2.74. The number of hydrogen-bond donors (Lipinski definition) is 2. The van der Waals surface area contributed by atoms with E-state index >= 15 is 0 Å². The van der Waals surface area contributed by atoms with Crippen molar-refractivity contribution in [3.8, 4) is 11.1 Å². The molecule has 2 aromatic rings. The van der Waals surface area contributed by atoms with Crippen molar-refractivity contribution >= 4 is 18.0 Å². The van der Waals surface area contributed by atoms with E-state index in [9.17, 15) is 19.5 Å². The molecule has 5 rings (SSSR count). The predicted molar refractivity (Wildman–Crippen MR) is 126 cm³/mol. The van der Waals surface area contributed by atoms with Crippen LogP contribution in [0.3, 0.4) is 0 Å². The van der Waals surface area contributed by atoms with E-state index in [2.05, 4.69) is 29.6 Å². The predicted octanol–water partition coefficient (Wildman–Crippen LogP) is 4.02. The number of aliphatic carboxylic acids is 1. The summed E-state index contributed by atoms with van der Waals surface area (Å²) in [5, 5.41) is 12.3. The summed E-state index contributed by atoms with van der Waals surface area (Å²) in [6.07, 6.45) is 2.31. The number of nitrogens with one attached hydrogen (secondary N) is 1. The van der Waals surface area contributed by atoms with Gasteiger partial charge in [-0.05, 0) is 42.0 Å². The van der Waals surface area contributed by atoms with Crippen LogP contribution in [0.25, 0.3) is 11.1 Å². The molecule has 2 unspecified atom stereocenters. The summed E-state index contributed by atoms with van der Waals surface area (Å²) in [5.74, 6) is -1.46. The number of hydrogen-bond acceptors (Lipinski definition) is 4. The monoisotopic (exact) mass is 462 g/mol. The van der Waals surface area contributed by atoms with Gasteiger partial charge in [-0.3, -0.25) is 9.59 Å². The zero-order valence-electron chi connectivity index (χ0n) is 19.3. The van der Waals surface area contributed by atoms with E-state index < -0.39 is 24.0 Å². The Morgan fingerprint density at radius 3 is 2.24 bits per heavy atom. The van der Waals surface area contributed by atoms with E-state index in [4.69, 9.17) is 4.74 Å². The fourth-order valence-corrected chi connectivity index (χ4v) is 5.92. The lowest BCUT2D eigenvalue weighted by atomic mass is 9.63. The SMILES string of the molecule is CC(CC(=O)N1CC(C(=O)O)C2(CCC2)C1)NC(=O)OCC1c2ccccc2-c2ccccc21. The minimum atomic E-state index is -0.820. The van der Waals surface area contributed by atoms with Crippen LogP contribution in [-0.4, -0.2) is 53.7 Å². The van der Waals surface area contributed by atoms with Gasteiger partial charge in [0.05, 0.1) is 5.92 Å². The van der Waals surface area contributed by atoms with E-state index in [0.29, 0.717) is 6.54 Å². The third-order valence-corrected chi connectivity index (χ3v) is 7.84. The summed E-state index contributed by atoms with van der Waals surface area (Å²) in [6, 6.07) is 15.9. The standard InChI is InChI=1S/C27H30N2O5/c1-17(13-24(30)29-14-23(25(31)32)27(16-29)11-6-12-27)28-26(33)34-15-22-20-9-4-2-7-18(20)19-8-3-5-10-21(19)22/h2-5,7-10,17,22-23H,6,11-16H2,1H3,(H,28,33)(H,31,32). The number of fused-ring (bicyclic) bond motifs is 3.